The molecule has 160 valence electrons. The summed E-state index contributed by atoms with van der Waals surface area (Å²) in [6, 6.07) is 16.6. The average molecular weight is 427 g/mol. The third kappa shape index (κ3) is 5.16. The van der Waals surface area contributed by atoms with Gasteiger partial charge in [-0.3, -0.25) is 9.69 Å². The molecule has 1 saturated heterocycles. The van der Waals surface area contributed by atoms with E-state index in [-0.39, 0.29) is 18.6 Å². The fraction of sp³-hybridized carbons (Fsp3) is 0.480. The number of halogens is 1. The molecule has 4 rings (SSSR count). The summed E-state index contributed by atoms with van der Waals surface area (Å²) in [5, 5.41) is 0.778. The van der Waals surface area contributed by atoms with Crippen LogP contribution in [0.4, 0.5) is 0 Å². The summed E-state index contributed by atoms with van der Waals surface area (Å²) >= 11 is 6.03. The SMILES string of the molecule is CN1C(=O)COc2ccccc2CCCC[C@H]2CN(Cc3ccc(Cl)cc3)CC[C@H]21. The number of hydrogen-bond acceptors (Lipinski definition) is 3. The molecule has 2 aromatic carbocycles. The number of carbonyl (C=O) groups excluding carboxylic acids is 1. The van der Waals surface area contributed by atoms with Crippen LogP contribution in [0.1, 0.15) is 36.8 Å². The van der Waals surface area contributed by atoms with Crippen LogP contribution >= 0.6 is 11.6 Å². The minimum absolute atomic E-state index is 0.0755. The zero-order valence-electron chi connectivity index (χ0n) is 17.7. The van der Waals surface area contributed by atoms with Gasteiger partial charge in [0.2, 0.25) is 0 Å². The molecule has 2 aromatic rings. The van der Waals surface area contributed by atoms with Crippen LogP contribution in [0.2, 0.25) is 5.02 Å². The highest BCUT2D eigenvalue weighted by Crippen LogP contribution is 2.29. The summed E-state index contributed by atoms with van der Waals surface area (Å²) in [7, 11) is 1.95. The Balaban J connectivity index is 1.45. The number of para-hydroxylation sites is 1. The number of amides is 1. The van der Waals surface area contributed by atoms with Gasteiger partial charge in [-0.25, -0.2) is 0 Å². The maximum absolute atomic E-state index is 12.9. The minimum atomic E-state index is 0.0755. The number of piperidine rings is 1. The molecule has 2 heterocycles. The van der Waals surface area contributed by atoms with Gasteiger partial charge in [0, 0.05) is 37.7 Å². The quantitative estimate of drug-likeness (QED) is 0.691. The van der Waals surface area contributed by atoms with Crippen LogP contribution in [0.3, 0.4) is 0 Å². The highest BCUT2D eigenvalue weighted by molar-refractivity contribution is 6.30. The first-order valence-corrected chi connectivity index (χ1v) is 11.4. The minimum Gasteiger partial charge on any atom is -0.483 e. The predicted octanol–water partition coefficient (Wildman–Crippen LogP) is 4.79. The second kappa shape index (κ2) is 9.84. The first kappa shape index (κ1) is 21.2. The van der Waals surface area contributed by atoms with Crippen LogP contribution in [0.15, 0.2) is 48.5 Å². The summed E-state index contributed by atoms with van der Waals surface area (Å²) in [4.78, 5) is 17.4. The second-order valence-electron chi connectivity index (χ2n) is 8.62. The lowest BCUT2D eigenvalue weighted by atomic mass is 9.86. The van der Waals surface area contributed by atoms with E-state index < -0.39 is 0 Å². The van der Waals surface area contributed by atoms with Crippen molar-refractivity contribution in [1.29, 1.82) is 0 Å². The second-order valence-corrected chi connectivity index (χ2v) is 9.06. The maximum atomic E-state index is 12.9. The van der Waals surface area contributed by atoms with Gasteiger partial charge in [-0.05, 0) is 60.9 Å². The molecule has 0 radical (unpaired) electrons. The molecule has 4 nitrogen and oxygen atoms in total. The van der Waals surface area contributed by atoms with Gasteiger partial charge in [0.1, 0.15) is 5.75 Å². The van der Waals surface area contributed by atoms with Gasteiger partial charge in [0.25, 0.3) is 5.91 Å². The topological polar surface area (TPSA) is 32.8 Å². The van der Waals surface area contributed by atoms with Crippen LogP contribution in [0.25, 0.3) is 0 Å². The Morgan fingerprint density at radius 1 is 1.07 bits per heavy atom. The van der Waals surface area contributed by atoms with Crippen molar-refractivity contribution in [3.05, 3.63) is 64.7 Å². The molecule has 0 saturated carbocycles. The molecule has 0 spiro atoms. The van der Waals surface area contributed by atoms with Crippen molar-refractivity contribution in [2.24, 2.45) is 5.92 Å². The van der Waals surface area contributed by atoms with Crippen molar-refractivity contribution in [2.45, 2.75) is 44.7 Å². The van der Waals surface area contributed by atoms with Crippen LogP contribution < -0.4 is 4.74 Å². The number of ether oxygens (including phenoxy) is 1. The highest BCUT2D eigenvalue weighted by Gasteiger charge is 2.33. The van der Waals surface area contributed by atoms with E-state index in [0.29, 0.717) is 5.92 Å². The highest BCUT2D eigenvalue weighted by atomic mass is 35.5. The van der Waals surface area contributed by atoms with E-state index in [1.54, 1.807) is 0 Å². The third-order valence-electron chi connectivity index (χ3n) is 6.58. The molecular formula is C25H31ClN2O2. The summed E-state index contributed by atoms with van der Waals surface area (Å²) < 4.78 is 5.92. The summed E-state index contributed by atoms with van der Waals surface area (Å²) in [5.41, 5.74) is 2.50. The number of benzene rings is 2. The van der Waals surface area contributed by atoms with Gasteiger partial charge >= 0.3 is 0 Å². The molecule has 5 heteroatoms. The summed E-state index contributed by atoms with van der Waals surface area (Å²) in [6.45, 7) is 3.09. The smallest absolute Gasteiger partial charge is 0.260 e. The van der Waals surface area contributed by atoms with Gasteiger partial charge in [-0.1, -0.05) is 48.4 Å². The van der Waals surface area contributed by atoms with Crippen LogP contribution in [0.5, 0.6) is 5.75 Å². The molecule has 1 fully saturated rings. The lowest BCUT2D eigenvalue weighted by molar-refractivity contribution is -0.136. The van der Waals surface area contributed by atoms with E-state index >= 15 is 0 Å². The standard InChI is InChI=1S/C25H31ClN2O2/c1-27-23-14-15-28(16-19-10-12-22(26)13-11-19)17-21(23)8-3-2-6-20-7-4-5-9-24(20)30-18-25(27)29/h4-5,7,9-13,21,23H,2-3,6,8,14-18H2,1H3/t21-,23+/m0/s1. The average Bonchev–Trinajstić information content (AvgIpc) is 2.76. The number of rotatable bonds is 2. The van der Waals surface area contributed by atoms with Crippen molar-refractivity contribution in [3.63, 3.8) is 0 Å². The Bertz CT molecular complexity index is 854. The van der Waals surface area contributed by atoms with Gasteiger partial charge in [0.15, 0.2) is 6.61 Å². The van der Waals surface area contributed by atoms with E-state index in [2.05, 4.69) is 23.1 Å². The molecular weight excluding hydrogens is 396 g/mol. The number of likely N-dealkylation sites (tertiary alicyclic amines) is 1. The van der Waals surface area contributed by atoms with Gasteiger partial charge in [-0.15, -0.1) is 0 Å². The Kier molecular flexibility index (Phi) is 6.96. The number of hydrogen-bond donors (Lipinski definition) is 0. The van der Waals surface area contributed by atoms with Gasteiger partial charge < -0.3 is 9.64 Å². The first-order valence-electron chi connectivity index (χ1n) is 11.0. The summed E-state index contributed by atoms with van der Waals surface area (Å²) in [6.07, 6.45) is 5.50. The van der Waals surface area contributed by atoms with Crippen LogP contribution in [0, 0.1) is 5.92 Å². The summed E-state index contributed by atoms with van der Waals surface area (Å²) in [5.74, 6) is 1.43. The van der Waals surface area contributed by atoms with Crippen molar-refractivity contribution in [1.82, 2.24) is 9.80 Å². The molecule has 2 aliphatic rings. The van der Waals surface area contributed by atoms with Gasteiger partial charge in [-0.2, -0.15) is 0 Å². The van der Waals surface area contributed by atoms with E-state index in [9.17, 15) is 4.79 Å². The Morgan fingerprint density at radius 2 is 1.87 bits per heavy atom. The lowest BCUT2D eigenvalue weighted by Gasteiger charge is -2.43. The molecule has 0 aliphatic carbocycles. The van der Waals surface area contributed by atoms with E-state index in [1.807, 2.05) is 42.3 Å². The molecule has 2 aliphatic heterocycles. The number of aryl methyl sites for hydroxylation is 1. The fourth-order valence-electron chi connectivity index (χ4n) is 4.88. The number of nitrogens with zero attached hydrogens (tertiary/aromatic N) is 2. The molecule has 0 bridgehead atoms. The largest absolute Gasteiger partial charge is 0.483 e. The first-order chi connectivity index (χ1) is 14.6. The van der Waals surface area contributed by atoms with Crippen molar-refractivity contribution < 1.29 is 9.53 Å². The predicted molar refractivity (Wildman–Crippen MR) is 121 cm³/mol. The van der Waals surface area contributed by atoms with Crippen molar-refractivity contribution in [2.75, 3.05) is 26.7 Å². The lowest BCUT2D eigenvalue weighted by Crippen LogP contribution is -2.52. The molecule has 2 atom stereocenters. The molecule has 30 heavy (non-hydrogen) atoms. The molecule has 1 amide bonds. The Hall–Kier alpha value is -2.04. The van der Waals surface area contributed by atoms with E-state index in [0.717, 1.165) is 56.1 Å². The molecule has 0 aromatic heterocycles. The normalized spacial score (nSPS) is 23.5. The third-order valence-corrected chi connectivity index (χ3v) is 6.84. The number of fused-ring (bicyclic) bond motifs is 2. The monoisotopic (exact) mass is 426 g/mol. The Labute approximate surface area is 184 Å². The molecule has 0 unspecified atom stereocenters. The zero-order chi connectivity index (χ0) is 20.9. The maximum Gasteiger partial charge on any atom is 0.260 e. The van der Waals surface area contributed by atoms with Crippen molar-refractivity contribution >= 4 is 17.5 Å². The van der Waals surface area contributed by atoms with Crippen LogP contribution in [-0.2, 0) is 17.8 Å². The van der Waals surface area contributed by atoms with Gasteiger partial charge in [0.05, 0.1) is 0 Å². The Morgan fingerprint density at radius 3 is 2.70 bits per heavy atom. The van der Waals surface area contributed by atoms with Crippen LogP contribution in [-0.4, -0.2) is 48.5 Å². The number of likely N-dealkylation sites (N-methyl/N-ethyl adjacent to an activating group) is 1. The van der Waals surface area contributed by atoms with Crippen molar-refractivity contribution in [3.8, 4) is 5.75 Å². The van der Waals surface area contributed by atoms with E-state index in [4.69, 9.17) is 16.3 Å². The zero-order valence-corrected chi connectivity index (χ0v) is 18.5. The fourth-order valence-corrected chi connectivity index (χ4v) is 5.01. The number of carbonyl (C=O) groups is 1. The molecule has 0 N–H and O–H groups in total. The van der Waals surface area contributed by atoms with E-state index in [1.165, 1.54) is 17.5 Å².